The van der Waals surface area contributed by atoms with Crippen molar-refractivity contribution in [3.63, 3.8) is 0 Å². The smallest absolute Gasteiger partial charge is 0.227 e. The normalized spacial score (nSPS) is 14.4. The van der Waals surface area contributed by atoms with Crippen LogP contribution < -0.4 is 0 Å². The molecule has 44 heavy (non-hydrogen) atoms. The van der Waals surface area contributed by atoms with E-state index < -0.39 is 0 Å². The van der Waals surface area contributed by atoms with Crippen molar-refractivity contribution >= 4 is 23.0 Å². The van der Waals surface area contributed by atoms with Gasteiger partial charge in [-0.2, -0.15) is 0 Å². The number of ketones is 1. The molecule has 5 rings (SSSR count). The van der Waals surface area contributed by atoms with Gasteiger partial charge in [0, 0.05) is 50.9 Å². The first-order valence-electron chi connectivity index (χ1n) is 16.2. The molecule has 1 aliphatic heterocycles. The Morgan fingerprint density at radius 2 is 1.34 bits per heavy atom. The van der Waals surface area contributed by atoms with Gasteiger partial charge in [0.1, 0.15) is 5.78 Å². The quantitative estimate of drug-likeness (QED) is 0.124. The molecule has 0 aliphatic carbocycles. The summed E-state index contributed by atoms with van der Waals surface area (Å²) >= 11 is 1.78. The second-order valence-electron chi connectivity index (χ2n) is 12.0. The van der Waals surface area contributed by atoms with E-state index in [1.165, 1.54) is 10.6 Å². The highest BCUT2D eigenvalue weighted by atomic mass is 32.1. The molecule has 1 amide bonds. The first kappa shape index (κ1) is 31.8. The maximum Gasteiger partial charge on any atom is 0.227 e. The first-order chi connectivity index (χ1) is 21.6. The number of hydrogen-bond acceptors (Lipinski definition) is 5. The maximum absolute atomic E-state index is 12.7. The highest BCUT2D eigenvalue weighted by Gasteiger charge is 2.22. The Hall–Kier alpha value is -3.61. The van der Waals surface area contributed by atoms with E-state index in [9.17, 15) is 9.59 Å². The molecule has 3 aromatic carbocycles. The van der Waals surface area contributed by atoms with Gasteiger partial charge in [-0.15, -0.1) is 11.3 Å². The third-order valence-electron chi connectivity index (χ3n) is 8.62. The lowest BCUT2D eigenvalue weighted by atomic mass is 9.88. The van der Waals surface area contributed by atoms with Gasteiger partial charge in [-0.1, -0.05) is 97.4 Å². The topological polar surface area (TPSA) is 53.5 Å². The summed E-state index contributed by atoms with van der Waals surface area (Å²) in [4.78, 5) is 34.6. The molecule has 4 aromatic rings. The molecule has 1 fully saturated rings. The molecule has 0 saturated carbocycles. The van der Waals surface area contributed by atoms with Gasteiger partial charge in [-0.05, 0) is 54.7 Å². The van der Waals surface area contributed by atoms with Crippen molar-refractivity contribution in [2.45, 2.75) is 70.3 Å². The van der Waals surface area contributed by atoms with Gasteiger partial charge >= 0.3 is 0 Å². The van der Waals surface area contributed by atoms with Crippen LogP contribution >= 0.6 is 11.3 Å². The van der Waals surface area contributed by atoms with E-state index in [2.05, 4.69) is 40.6 Å². The SMILES string of the molecule is O=C(CCCC(CCCCc1nc(CN2CCN(C(=O)Cc3ccccc3)CC2)cs1)c1ccccc1)Cc1ccccc1. The van der Waals surface area contributed by atoms with Crippen LogP contribution in [-0.2, 0) is 35.4 Å². The average molecular weight is 608 g/mol. The number of amides is 1. The number of rotatable bonds is 16. The van der Waals surface area contributed by atoms with Crippen LogP contribution in [0.4, 0.5) is 0 Å². The van der Waals surface area contributed by atoms with Gasteiger partial charge in [-0.25, -0.2) is 4.98 Å². The first-order valence-corrected chi connectivity index (χ1v) is 17.1. The third kappa shape index (κ3) is 10.2. The van der Waals surface area contributed by atoms with Crippen LogP contribution in [0.2, 0.25) is 0 Å². The molecule has 0 radical (unpaired) electrons. The zero-order valence-corrected chi connectivity index (χ0v) is 26.6. The number of carbonyl (C=O) groups is 2. The number of benzene rings is 3. The van der Waals surface area contributed by atoms with E-state index in [0.717, 1.165) is 88.1 Å². The van der Waals surface area contributed by atoms with Crippen molar-refractivity contribution in [1.82, 2.24) is 14.8 Å². The molecule has 5 nitrogen and oxygen atoms in total. The lowest BCUT2D eigenvalue weighted by Crippen LogP contribution is -2.48. The summed E-state index contributed by atoms with van der Waals surface area (Å²) in [7, 11) is 0. The van der Waals surface area contributed by atoms with E-state index in [1.807, 2.05) is 65.6 Å². The number of hydrogen-bond donors (Lipinski definition) is 0. The number of aryl methyl sites for hydroxylation is 1. The van der Waals surface area contributed by atoms with Crippen LogP contribution in [0.25, 0.3) is 0 Å². The van der Waals surface area contributed by atoms with Crippen molar-refractivity contribution < 1.29 is 9.59 Å². The number of unbranched alkanes of at least 4 members (excludes halogenated alkanes) is 1. The van der Waals surface area contributed by atoms with Crippen LogP contribution in [0, 0.1) is 0 Å². The summed E-state index contributed by atoms with van der Waals surface area (Å²) in [5.41, 5.74) is 4.73. The molecule has 0 spiro atoms. The molecule has 230 valence electrons. The Labute approximate surface area is 267 Å². The molecule has 0 bridgehead atoms. The van der Waals surface area contributed by atoms with Gasteiger partial charge in [0.25, 0.3) is 0 Å². The van der Waals surface area contributed by atoms with Crippen molar-refractivity contribution in [2.24, 2.45) is 0 Å². The molecule has 1 atom stereocenters. The maximum atomic E-state index is 12.7. The van der Waals surface area contributed by atoms with E-state index in [-0.39, 0.29) is 5.91 Å². The number of carbonyl (C=O) groups excluding carboxylic acids is 2. The van der Waals surface area contributed by atoms with E-state index >= 15 is 0 Å². The molecule has 1 aromatic heterocycles. The van der Waals surface area contributed by atoms with Gasteiger partial charge in [0.2, 0.25) is 5.91 Å². The Kier molecular flexibility index (Phi) is 12.3. The lowest BCUT2D eigenvalue weighted by Gasteiger charge is -2.34. The molecule has 6 heteroatoms. The van der Waals surface area contributed by atoms with Gasteiger partial charge in [0.15, 0.2) is 0 Å². The van der Waals surface area contributed by atoms with Gasteiger partial charge in [-0.3, -0.25) is 14.5 Å². The van der Waals surface area contributed by atoms with E-state index in [0.29, 0.717) is 31.0 Å². The highest BCUT2D eigenvalue weighted by Crippen LogP contribution is 2.28. The number of piperazine rings is 1. The van der Waals surface area contributed by atoms with Crippen molar-refractivity contribution in [2.75, 3.05) is 26.2 Å². The van der Waals surface area contributed by atoms with Crippen molar-refractivity contribution in [3.8, 4) is 0 Å². The van der Waals surface area contributed by atoms with E-state index in [1.54, 1.807) is 11.3 Å². The molecule has 1 unspecified atom stereocenters. The zero-order valence-electron chi connectivity index (χ0n) is 25.8. The number of Topliss-reactive ketones (excluding diaryl/α,β-unsaturated/α-hetero) is 1. The number of nitrogens with zero attached hydrogens (tertiary/aromatic N) is 3. The third-order valence-corrected chi connectivity index (χ3v) is 9.58. The molecule has 1 saturated heterocycles. The standard InChI is InChI=1S/C38H45N3O2S/c42-36(27-31-13-4-1-5-14-31)21-12-20-34(33-17-8-3-9-18-33)19-10-11-22-37-39-35(30-44-37)29-40-23-25-41(26-24-40)38(43)28-32-15-6-2-7-16-32/h1-9,13-18,30,34H,10-12,19-29H2. The van der Waals surface area contributed by atoms with Crippen LogP contribution in [0.5, 0.6) is 0 Å². The second kappa shape index (κ2) is 17.0. The molecule has 1 aliphatic rings. The fraction of sp³-hybridized carbons (Fsp3) is 0.395. The van der Waals surface area contributed by atoms with Crippen LogP contribution in [0.15, 0.2) is 96.4 Å². The zero-order chi connectivity index (χ0) is 30.4. The predicted molar refractivity (Wildman–Crippen MR) is 180 cm³/mol. The molecule has 2 heterocycles. The summed E-state index contributed by atoms with van der Waals surface area (Å²) in [6, 6.07) is 30.9. The Bertz CT molecular complexity index is 1420. The molecular formula is C38H45N3O2S. The van der Waals surface area contributed by atoms with Crippen molar-refractivity contribution in [1.29, 1.82) is 0 Å². The largest absolute Gasteiger partial charge is 0.340 e. The highest BCUT2D eigenvalue weighted by molar-refractivity contribution is 7.09. The Morgan fingerprint density at radius 3 is 2.02 bits per heavy atom. The van der Waals surface area contributed by atoms with Crippen LogP contribution in [0.1, 0.15) is 71.8 Å². The monoisotopic (exact) mass is 607 g/mol. The summed E-state index contributed by atoms with van der Waals surface area (Å²) < 4.78 is 0. The number of thiazole rings is 1. The predicted octanol–water partition coefficient (Wildman–Crippen LogP) is 7.51. The van der Waals surface area contributed by atoms with Crippen LogP contribution in [-0.4, -0.2) is 52.7 Å². The fourth-order valence-electron chi connectivity index (χ4n) is 6.13. The fourth-order valence-corrected chi connectivity index (χ4v) is 6.96. The summed E-state index contributed by atoms with van der Waals surface area (Å²) in [6.07, 6.45) is 8.11. The molecule has 0 N–H and O–H groups in total. The van der Waals surface area contributed by atoms with E-state index in [4.69, 9.17) is 4.98 Å². The Balaban J connectivity index is 1.01. The summed E-state index contributed by atoms with van der Waals surface area (Å²) in [6.45, 7) is 4.22. The van der Waals surface area contributed by atoms with Crippen LogP contribution in [0.3, 0.4) is 0 Å². The number of aromatic nitrogens is 1. The minimum Gasteiger partial charge on any atom is -0.340 e. The lowest BCUT2D eigenvalue weighted by molar-refractivity contribution is -0.132. The van der Waals surface area contributed by atoms with Gasteiger partial charge < -0.3 is 4.90 Å². The second-order valence-corrected chi connectivity index (χ2v) is 12.9. The van der Waals surface area contributed by atoms with Gasteiger partial charge in [0.05, 0.1) is 17.1 Å². The van der Waals surface area contributed by atoms with Crippen molar-refractivity contribution in [3.05, 3.63) is 124 Å². The minimum absolute atomic E-state index is 0.220. The Morgan fingerprint density at radius 1 is 0.727 bits per heavy atom. The summed E-state index contributed by atoms with van der Waals surface area (Å²) in [5.74, 6) is 1.05. The summed E-state index contributed by atoms with van der Waals surface area (Å²) in [5, 5.41) is 3.43. The molecular weight excluding hydrogens is 563 g/mol. The average Bonchev–Trinajstić information content (AvgIpc) is 3.50. The minimum atomic E-state index is 0.220.